The van der Waals surface area contributed by atoms with E-state index in [9.17, 15) is 26.7 Å². The van der Waals surface area contributed by atoms with E-state index in [2.05, 4.69) is 9.97 Å². The molecular weight excluding hydrogens is 417 g/mol. The minimum absolute atomic E-state index is 0.0541. The first-order valence-electron chi connectivity index (χ1n) is 9.89. The lowest BCUT2D eigenvalue weighted by atomic mass is 10.0. The number of alkyl halides is 5. The number of benzene rings is 1. The number of hydrogen-bond donors (Lipinski definition) is 1. The maximum atomic E-state index is 13.9. The summed E-state index contributed by atoms with van der Waals surface area (Å²) in [6.07, 6.45) is -5.37. The second-order valence-electron chi connectivity index (χ2n) is 7.81. The number of para-hydroxylation sites is 1. The van der Waals surface area contributed by atoms with Gasteiger partial charge >= 0.3 is 6.18 Å². The molecule has 0 aliphatic carbocycles. The van der Waals surface area contributed by atoms with Crippen molar-refractivity contribution in [3.63, 3.8) is 0 Å². The van der Waals surface area contributed by atoms with Gasteiger partial charge in [-0.3, -0.25) is 4.79 Å². The van der Waals surface area contributed by atoms with Crippen LogP contribution < -0.4 is 10.3 Å². The number of rotatable bonds is 2. The average molecular weight is 437 g/mol. The molecule has 1 aromatic carbocycles. The van der Waals surface area contributed by atoms with Crippen LogP contribution in [0.5, 0.6) is 0 Å². The minimum atomic E-state index is -4.69. The molecule has 0 amide bonds. The number of pyridine rings is 2. The molecule has 1 saturated heterocycles. The van der Waals surface area contributed by atoms with Crippen molar-refractivity contribution < 1.29 is 22.0 Å². The van der Waals surface area contributed by atoms with Gasteiger partial charge in [-0.2, -0.15) is 13.2 Å². The van der Waals surface area contributed by atoms with Crippen molar-refractivity contribution in [1.29, 1.82) is 0 Å². The zero-order valence-corrected chi connectivity index (χ0v) is 16.7. The van der Waals surface area contributed by atoms with Gasteiger partial charge in [0.05, 0.1) is 5.69 Å². The lowest BCUT2D eigenvalue weighted by molar-refractivity contribution is -0.141. The van der Waals surface area contributed by atoms with Crippen molar-refractivity contribution in [3.8, 4) is 11.3 Å². The number of anilines is 1. The molecule has 1 aliphatic rings. The maximum Gasteiger partial charge on any atom is 0.433 e. The van der Waals surface area contributed by atoms with E-state index < -0.39 is 24.2 Å². The van der Waals surface area contributed by atoms with Crippen LogP contribution in [0.3, 0.4) is 0 Å². The maximum absolute atomic E-state index is 13.9. The second kappa shape index (κ2) is 7.62. The number of aromatic amines is 1. The van der Waals surface area contributed by atoms with Crippen LogP contribution >= 0.6 is 0 Å². The topological polar surface area (TPSA) is 49.0 Å². The molecule has 1 N–H and O–H groups in total. The molecule has 0 spiro atoms. The van der Waals surface area contributed by atoms with Crippen molar-refractivity contribution in [1.82, 2.24) is 9.97 Å². The Bertz CT molecular complexity index is 1190. The number of nitrogens with zero attached hydrogens (tertiary/aromatic N) is 2. The van der Waals surface area contributed by atoms with Crippen LogP contribution in [-0.2, 0) is 6.18 Å². The van der Waals surface area contributed by atoms with Crippen molar-refractivity contribution in [3.05, 3.63) is 57.9 Å². The summed E-state index contributed by atoms with van der Waals surface area (Å²) in [4.78, 5) is 21.0. The summed E-state index contributed by atoms with van der Waals surface area (Å²) in [5.74, 6) is -2.93. The molecule has 2 aromatic heterocycles. The van der Waals surface area contributed by atoms with Gasteiger partial charge in [-0.25, -0.2) is 13.8 Å². The molecule has 3 heterocycles. The smallest absolute Gasteiger partial charge is 0.356 e. The molecule has 1 aliphatic heterocycles. The number of nitrogens with one attached hydrogen (secondary N) is 1. The normalized spacial score (nSPS) is 17.0. The predicted octanol–water partition coefficient (Wildman–Crippen LogP) is 5.54. The summed E-state index contributed by atoms with van der Waals surface area (Å²) in [5.41, 5.74) is -0.380. The fourth-order valence-electron chi connectivity index (χ4n) is 3.95. The summed E-state index contributed by atoms with van der Waals surface area (Å²) in [6, 6.07) is 9.40. The number of aromatic nitrogens is 2. The monoisotopic (exact) mass is 437 g/mol. The number of H-pyrrole nitrogens is 1. The molecule has 164 valence electrons. The van der Waals surface area contributed by atoms with Gasteiger partial charge in [0.2, 0.25) is 5.92 Å². The number of fused-ring (bicyclic) bond motifs is 1. The highest BCUT2D eigenvalue weighted by molar-refractivity contribution is 5.84. The molecule has 4 rings (SSSR count). The summed E-state index contributed by atoms with van der Waals surface area (Å²) >= 11 is 0. The van der Waals surface area contributed by atoms with E-state index in [1.54, 1.807) is 24.3 Å². The number of halogens is 5. The van der Waals surface area contributed by atoms with Gasteiger partial charge in [-0.15, -0.1) is 0 Å². The molecule has 0 radical (unpaired) electrons. The Balaban J connectivity index is 1.91. The fourth-order valence-corrected chi connectivity index (χ4v) is 3.95. The highest BCUT2D eigenvalue weighted by Gasteiger charge is 2.37. The Kier molecular flexibility index (Phi) is 5.23. The molecular formula is C22H20F5N3O. The number of aryl methyl sites for hydroxylation is 1. The largest absolute Gasteiger partial charge is 0.433 e. The first-order valence-corrected chi connectivity index (χ1v) is 9.89. The minimum Gasteiger partial charge on any atom is -0.356 e. The summed E-state index contributed by atoms with van der Waals surface area (Å²) in [7, 11) is 0. The van der Waals surface area contributed by atoms with E-state index >= 15 is 0 Å². The Hall–Kier alpha value is -2.97. The van der Waals surface area contributed by atoms with E-state index in [-0.39, 0.29) is 48.3 Å². The average Bonchev–Trinajstić information content (AvgIpc) is 2.87. The molecule has 0 saturated carbocycles. The van der Waals surface area contributed by atoms with E-state index in [1.165, 1.54) is 24.0 Å². The van der Waals surface area contributed by atoms with Gasteiger partial charge < -0.3 is 9.88 Å². The third kappa shape index (κ3) is 4.26. The second-order valence-corrected chi connectivity index (χ2v) is 7.81. The summed E-state index contributed by atoms with van der Waals surface area (Å²) in [6.45, 7) is 1.30. The molecule has 0 atom stereocenters. The summed E-state index contributed by atoms with van der Waals surface area (Å²) in [5, 5.41) is 0.443. The third-order valence-electron chi connectivity index (χ3n) is 5.51. The SMILES string of the molecule is Cc1cc(-c2cc(=O)c3ccccc3[nH]2)c(N2CCCC(F)(F)CC2)nc1C(F)(F)F. The molecule has 4 nitrogen and oxygen atoms in total. The Labute approximate surface area is 174 Å². The molecule has 3 aromatic rings. The van der Waals surface area contributed by atoms with Crippen molar-refractivity contribution in [2.45, 2.75) is 38.3 Å². The first-order chi connectivity index (χ1) is 14.5. The van der Waals surface area contributed by atoms with Crippen molar-refractivity contribution in [2.75, 3.05) is 18.0 Å². The van der Waals surface area contributed by atoms with Crippen LogP contribution in [0.2, 0.25) is 0 Å². The molecule has 0 bridgehead atoms. The van der Waals surface area contributed by atoms with Gasteiger partial charge in [-0.1, -0.05) is 12.1 Å². The van der Waals surface area contributed by atoms with Crippen LogP contribution in [0.15, 0.2) is 41.2 Å². The Morgan fingerprint density at radius 3 is 2.58 bits per heavy atom. The van der Waals surface area contributed by atoms with Crippen LogP contribution in [0.25, 0.3) is 22.2 Å². The van der Waals surface area contributed by atoms with Crippen molar-refractivity contribution in [2.24, 2.45) is 0 Å². The van der Waals surface area contributed by atoms with Crippen LogP contribution in [-0.4, -0.2) is 29.0 Å². The van der Waals surface area contributed by atoms with E-state index in [0.29, 0.717) is 16.6 Å². The van der Waals surface area contributed by atoms with E-state index in [0.717, 1.165) is 0 Å². The number of hydrogen-bond acceptors (Lipinski definition) is 3. The zero-order chi connectivity index (χ0) is 22.4. The first kappa shape index (κ1) is 21.3. The fraction of sp³-hybridized carbons (Fsp3) is 0.364. The Morgan fingerprint density at radius 2 is 1.84 bits per heavy atom. The standard InChI is InChI=1S/C22H20F5N3O/c1-13-11-15(17-12-18(31)14-5-2-3-6-16(14)28-17)20(29-19(13)22(25,26)27)30-9-4-7-21(23,24)8-10-30/h2-3,5-6,11-12H,4,7-10H2,1H3,(H,28,31). The lowest BCUT2D eigenvalue weighted by Gasteiger charge is -2.26. The van der Waals surface area contributed by atoms with E-state index in [4.69, 9.17) is 0 Å². The quantitative estimate of drug-likeness (QED) is 0.536. The summed E-state index contributed by atoms with van der Waals surface area (Å²) < 4.78 is 68.4. The van der Waals surface area contributed by atoms with Gasteiger partial charge in [0.25, 0.3) is 0 Å². The van der Waals surface area contributed by atoms with E-state index in [1.807, 2.05) is 0 Å². The third-order valence-corrected chi connectivity index (χ3v) is 5.51. The van der Waals surface area contributed by atoms with Gasteiger partial charge in [-0.05, 0) is 37.1 Å². The van der Waals surface area contributed by atoms with Crippen LogP contribution in [0, 0.1) is 6.92 Å². The molecule has 31 heavy (non-hydrogen) atoms. The van der Waals surface area contributed by atoms with Gasteiger partial charge in [0, 0.05) is 48.5 Å². The molecule has 0 unspecified atom stereocenters. The molecule has 9 heteroatoms. The lowest BCUT2D eigenvalue weighted by Crippen LogP contribution is -2.28. The van der Waals surface area contributed by atoms with Gasteiger partial charge in [0.1, 0.15) is 11.5 Å². The predicted molar refractivity (Wildman–Crippen MR) is 109 cm³/mol. The zero-order valence-electron chi connectivity index (χ0n) is 16.7. The van der Waals surface area contributed by atoms with Crippen LogP contribution in [0.4, 0.5) is 27.8 Å². The van der Waals surface area contributed by atoms with Crippen molar-refractivity contribution >= 4 is 16.7 Å². The highest BCUT2D eigenvalue weighted by Crippen LogP contribution is 2.38. The Morgan fingerprint density at radius 1 is 1.10 bits per heavy atom. The highest BCUT2D eigenvalue weighted by atomic mass is 19.4. The molecule has 1 fully saturated rings. The van der Waals surface area contributed by atoms with Gasteiger partial charge in [0.15, 0.2) is 5.43 Å². The van der Waals surface area contributed by atoms with Crippen LogP contribution in [0.1, 0.15) is 30.5 Å².